The molecule has 1 aromatic carbocycles. The molecule has 0 spiro atoms. The first-order chi connectivity index (χ1) is 12.5. The predicted octanol–water partition coefficient (Wildman–Crippen LogP) is 2.83. The molecule has 1 aromatic heterocycles. The average molecular weight is 374 g/mol. The maximum Gasteiger partial charge on any atom is 0.335 e. The Morgan fingerprint density at radius 1 is 1.27 bits per heavy atom. The number of furan rings is 1. The van der Waals surface area contributed by atoms with Crippen LogP contribution in [0.5, 0.6) is 0 Å². The van der Waals surface area contributed by atoms with Crippen molar-refractivity contribution in [1.82, 2.24) is 10.6 Å². The summed E-state index contributed by atoms with van der Waals surface area (Å²) in [6, 6.07) is 8.93. The van der Waals surface area contributed by atoms with E-state index in [4.69, 9.17) is 16.0 Å². The van der Waals surface area contributed by atoms with Gasteiger partial charge in [0.15, 0.2) is 5.92 Å². The number of urea groups is 1. The fourth-order valence-corrected chi connectivity index (χ4v) is 2.78. The quantitative estimate of drug-likeness (QED) is 0.786. The van der Waals surface area contributed by atoms with E-state index < -0.39 is 23.8 Å². The Morgan fingerprint density at radius 3 is 2.62 bits per heavy atom. The van der Waals surface area contributed by atoms with Crippen LogP contribution in [0.4, 0.5) is 10.5 Å². The third kappa shape index (κ3) is 3.48. The van der Waals surface area contributed by atoms with Crippen molar-refractivity contribution in [3.8, 4) is 0 Å². The fraction of sp³-hybridized carbons (Fsp3) is 0.167. The van der Waals surface area contributed by atoms with Crippen LogP contribution >= 0.6 is 11.6 Å². The molecule has 134 valence electrons. The molecule has 0 radical (unpaired) electrons. The topological polar surface area (TPSA) is 91.7 Å². The van der Waals surface area contributed by atoms with E-state index >= 15 is 0 Å². The zero-order valence-corrected chi connectivity index (χ0v) is 14.6. The van der Waals surface area contributed by atoms with Crippen molar-refractivity contribution in [3.05, 3.63) is 65.2 Å². The molecule has 0 saturated carbocycles. The molecular formula is C18H16ClN3O4. The highest BCUT2D eigenvalue weighted by Crippen LogP contribution is 2.25. The summed E-state index contributed by atoms with van der Waals surface area (Å²) in [4.78, 5) is 38.3. The van der Waals surface area contributed by atoms with Crippen LogP contribution in [0, 0.1) is 5.92 Å². The number of nitrogens with zero attached hydrogens (tertiary/aromatic N) is 1. The standard InChI is InChI=1S/C18H16ClN3O4/c1-2-14(20-10-13-4-3-9-26-13)15-16(23)21-18(25)22(17(15)24)12-7-5-11(19)6-8-12/h2-9,15,20H,10H2,1H3,(H,21,23,25)/b14-2+/t15-/m0/s1. The normalized spacial score (nSPS) is 18.1. The number of allylic oxidation sites excluding steroid dienone is 1. The predicted molar refractivity (Wildman–Crippen MR) is 95.3 cm³/mol. The van der Waals surface area contributed by atoms with Crippen molar-refractivity contribution in [2.24, 2.45) is 5.92 Å². The smallest absolute Gasteiger partial charge is 0.335 e. The monoisotopic (exact) mass is 373 g/mol. The SMILES string of the molecule is C/C=C(/NCc1ccco1)[C@H]1C(=O)NC(=O)N(c2ccc(Cl)cc2)C1=O. The summed E-state index contributed by atoms with van der Waals surface area (Å²) in [5, 5.41) is 5.72. The molecule has 1 saturated heterocycles. The number of nitrogens with one attached hydrogen (secondary N) is 2. The molecule has 8 heteroatoms. The number of hydrogen-bond acceptors (Lipinski definition) is 5. The maximum atomic E-state index is 12.9. The lowest BCUT2D eigenvalue weighted by molar-refractivity contribution is -0.132. The lowest BCUT2D eigenvalue weighted by Crippen LogP contribution is -2.59. The number of carbonyl (C=O) groups is 3. The van der Waals surface area contributed by atoms with Crippen LogP contribution in [-0.4, -0.2) is 17.8 Å². The van der Waals surface area contributed by atoms with Gasteiger partial charge in [-0.25, -0.2) is 9.69 Å². The molecule has 2 N–H and O–H groups in total. The zero-order valence-electron chi connectivity index (χ0n) is 13.9. The van der Waals surface area contributed by atoms with Crippen molar-refractivity contribution in [2.75, 3.05) is 4.90 Å². The van der Waals surface area contributed by atoms with Crippen LogP contribution in [0.15, 0.2) is 58.9 Å². The Labute approximate surface area is 154 Å². The highest BCUT2D eigenvalue weighted by atomic mass is 35.5. The number of hydrogen-bond donors (Lipinski definition) is 2. The van der Waals surface area contributed by atoms with E-state index in [9.17, 15) is 14.4 Å². The molecule has 3 rings (SSSR count). The van der Waals surface area contributed by atoms with Gasteiger partial charge in [0.25, 0.3) is 5.91 Å². The van der Waals surface area contributed by atoms with E-state index in [-0.39, 0.29) is 0 Å². The van der Waals surface area contributed by atoms with Crippen molar-refractivity contribution in [2.45, 2.75) is 13.5 Å². The Kier molecular flexibility index (Phi) is 5.09. The highest BCUT2D eigenvalue weighted by molar-refractivity contribution is 6.31. The first-order valence-electron chi connectivity index (χ1n) is 7.88. The summed E-state index contributed by atoms with van der Waals surface area (Å²) in [6.07, 6.45) is 3.16. The summed E-state index contributed by atoms with van der Waals surface area (Å²) >= 11 is 5.85. The minimum atomic E-state index is -1.16. The fourth-order valence-electron chi connectivity index (χ4n) is 2.66. The summed E-state index contributed by atoms with van der Waals surface area (Å²) in [7, 11) is 0. The van der Waals surface area contributed by atoms with Crippen LogP contribution in [0.3, 0.4) is 0 Å². The summed E-state index contributed by atoms with van der Waals surface area (Å²) in [5.41, 5.74) is 0.714. The molecule has 0 bridgehead atoms. The van der Waals surface area contributed by atoms with Gasteiger partial charge in [0.2, 0.25) is 5.91 Å². The minimum absolute atomic E-state index is 0.304. The van der Waals surface area contributed by atoms with Crippen molar-refractivity contribution in [3.63, 3.8) is 0 Å². The van der Waals surface area contributed by atoms with Crippen molar-refractivity contribution >= 4 is 35.1 Å². The van der Waals surface area contributed by atoms with E-state index in [0.717, 1.165) is 4.90 Å². The molecule has 1 fully saturated rings. The van der Waals surface area contributed by atoms with Gasteiger partial charge >= 0.3 is 6.03 Å². The molecule has 1 aliphatic rings. The summed E-state index contributed by atoms with van der Waals surface area (Å²) < 4.78 is 5.24. The van der Waals surface area contributed by atoms with Crippen molar-refractivity contribution < 1.29 is 18.8 Å². The number of imide groups is 2. The number of carbonyl (C=O) groups excluding carboxylic acids is 3. The van der Waals surface area contributed by atoms with Crippen molar-refractivity contribution in [1.29, 1.82) is 0 Å². The third-order valence-corrected chi connectivity index (χ3v) is 4.17. The second-order valence-electron chi connectivity index (χ2n) is 5.55. The lowest BCUT2D eigenvalue weighted by Gasteiger charge is -2.31. The van der Waals surface area contributed by atoms with Gasteiger partial charge in [-0.05, 0) is 43.3 Å². The molecule has 0 unspecified atom stereocenters. The Morgan fingerprint density at radius 2 is 2.00 bits per heavy atom. The Balaban J connectivity index is 1.85. The van der Waals surface area contributed by atoms with Crippen LogP contribution in [0.1, 0.15) is 12.7 Å². The largest absolute Gasteiger partial charge is 0.467 e. The van der Waals surface area contributed by atoms with Crippen LogP contribution in [0.2, 0.25) is 5.02 Å². The molecule has 4 amide bonds. The molecule has 1 atom stereocenters. The number of barbiturate groups is 1. The first kappa shape index (κ1) is 17.8. The third-order valence-electron chi connectivity index (χ3n) is 3.92. The van der Waals surface area contributed by atoms with Gasteiger partial charge < -0.3 is 9.73 Å². The molecule has 26 heavy (non-hydrogen) atoms. The summed E-state index contributed by atoms with van der Waals surface area (Å²) in [5.74, 6) is -1.83. The summed E-state index contributed by atoms with van der Waals surface area (Å²) in [6.45, 7) is 2.01. The second-order valence-corrected chi connectivity index (χ2v) is 5.99. The highest BCUT2D eigenvalue weighted by Gasteiger charge is 2.43. The van der Waals surface area contributed by atoms with Gasteiger partial charge in [0.1, 0.15) is 5.76 Å². The second kappa shape index (κ2) is 7.45. The minimum Gasteiger partial charge on any atom is -0.467 e. The van der Waals surface area contributed by atoms with Crippen LogP contribution in [-0.2, 0) is 16.1 Å². The van der Waals surface area contributed by atoms with Gasteiger partial charge in [0.05, 0.1) is 18.5 Å². The van der Waals surface area contributed by atoms with Gasteiger partial charge in [-0.1, -0.05) is 17.7 Å². The average Bonchev–Trinajstić information content (AvgIpc) is 3.12. The Bertz CT molecular complexity index is 859. The number of halogens is 1. The molecule has 0 aliphatic carbocycles. The van der Waals surface area contributed by atoms with E-state index in [2.05, 4.69) is 10.6 Å². The van der Waals surface area contributed by atoms with Gasteiger partial charge in [-0.3, -0.25) is 14.9 Å². The van der Waals surface area contributed by atoms with Gasteiger partial charge in [0, 0.05) is 10.7 Å². The molecule has 7 nitrogen and oxygen atoms in total. The number of anilines is 1. The van der Waals surface area contributed by atoms with Crippen LogP contribution in [0.25, 0.3) is 0 Å². The van der Waals surface area contributed by atoms with E-state index in [1.807, 2.05) is 0 Å². The number of benzene rings is 1. The van der Waals surface area contributed by atoms with E-state index in [0.29, 0.717) is 28.7 Å². The molecule has 1 aliphatic heterocycles. The molecular weight excluding hydrogens is 358 g/mol. The van der Waals surface area contributed by atoms with E-state index in [1.54, 1.807) is 37.3 Å². The molecule has 2 aromatic rings. The first-order valence-corrected chi connectivity index (χ1v) is 8.26. The van der Waals surface area contributed by atoms with E-state index in [1.165, 1.54) is 18.4 Å². The van der Waals surface area contributed by atoms with Gasteiger partial charge in [-0.2, -0.15) is 0 Å². The maximum absolute atomic E-state index is 12.9. The van der Waals surface area contributed by atoms with Gasteiger partial charge in [-0.15, -0.1) is 0 Å². The Hall–Kier alpha value is -3.06. The molecule has 2 heterocycles. The zero-order chi connectivity index (χ0) is 18.7. The van der Waals surface area contributed by atoms with Crippen LogP contribution < -0.4 is 15.5 Å². The number of rotatable bonds is 5. The lowest BCUT2D eigenvalue weighted by atomic mass is 9.99. The number of amides is 4.